The Morgan fingerprint density at radius 3 is 3.00 bits per heavy atom. The zero-order chi connectivity index (χ0) is 10.6. The van der Waals surface area contributed by atoms with Crippen molar-refractivity contribution in [3.63, 3.8) is 0 Å². The lowest BCUT2D eigenvalue weighted by Crippen LogP contribution is -2.33. The maximum absolute atomic E-state index is 11.2. The molecule has 1 amide bonds. The molecule has 1 heterocycles. The van der Waals surface area contributed by atoms with Gasteiger partial charge in [0.05, 0.1) is 18.4 Å². The van der Waals surface area contributed by atoms with Crippen molar-refractivity contribution in [2.75, 3.05) is 13.2 Å². The first-order valence-electron chi connectivity index (χ1n) is 4.14. The number of aryl methyl sites for hydroxylation is 1. The monoisotopic (exact) mass is 200 g/mol. The van der Waals surface area contributed by atoms with E-state index in [-0.39, 0.29) is 12.3 Å². The van der Waals surface area contributed by atoms with Crippen LogP contribution in [0, 0.1) is 6.92 Å². The minimum Gasteiger partial charge on any atom is -0.394 e. The van der Waals surface area contributed by atoms with Crippen molar-refractivity contribution >= 4 is 5.91 Å². The van der Waals surface area contributed by atoms with E-state index in [2.05, 4.69) is 15.0 Å². The first-order chi connectivity index (χ1) is 6.63. The number of amides is 1. The smallest absolute Gasteiger partial charge is 0.289 e. The molecule has 1 aromatic rings. The Morgan fingerprint density at radius 1 is 1.79 bits per heavy atom. The number of carbonyl (C=O) groups excluding carboxylic acids is 1. The van der Waals surface area contributed by atoms with E-state index in [0.29, 0.717) is 5.69 Å². The largest absolute Gasteiger partial charge is 0.394 e. The molecule has 3 N–H and O–H groups in total. The van der Waals surface area contributed by atoms with E-state index in [9.17, 15) is 4.79 Å². The van der Waals surface area contributed by atoms with Gasteiger partial charge in [-0.3, -0.25) is 4.79 Å². The summed E-state index contributed by atoms with van der Waals surface area (Å²) in [5.41, 5.74) is 0.609. The number of nitrogens with one attached hydrogen (secondary N) is 1. The number of hydrogen-bond acceptors (Lipinski definition) is 5. The van der Waals surface area contributed by atoms with Gasteiger partial charge in [0, 0.05) is 12.6 Å². The van der Waals surface area contributed by atoms with E-state index in [0.717, 1.165) is 0 Å². The first-order valence-corrected chi connectivity index (χ1v) is 4.14. The Balaban J connectivity index is 2.43. The summed E-state index contributed by atoms with van der Waals surface area (Å²) in [5, 5.41) is 23.4. The molecule has 0 radical (unpaired) electrons. The van der Waals surface area contributed by atoms with Crippen LogP contribution in [0.2, 0.25) is 0 Å². The van der Waals surface area contributed by atoms with Gasteiger partial charge in [-0.1, -0.05) is 5.16 Å². The highest BCUT2D eigenvalue weighted by molar-refractivity contribution is 5.91. The summed E-state index contributed by atoms with van der Waals surface area (Å²) in [5.74, 6) is -0.370. The van der Waals surface area contributed by atoms with Crippen molar-refractivity contribution in [2.24, 2.45) is 0 Å². The summed E-state index contributed by atoms with van der Waals surface area (Å²) >= 11 is 0. The van der Waals surface area contributed by atoms with Gasteiger partial charge < -0.3 is 20.1 Å². The minimum atomic E-state index is -0.956. The van der Waals surface area contributed by atoms with Crippen LogP contribution < -0.4 is 5.32 Å². The average molecular weight is 200 g/mol. The van der Waals surface area contributed by atoms with Crippen LogP contribution in [-0.2, 0) is 0 Å². The molecule has 14 heavy (non-hydrogen) atoms. The Morgan fingerprint density at radius 2 is 2.50 bits per heavy atom. The fourth-order valence-corrected chi connectivity index (χ4v) is 0.833. The van der Waals surface area contributed by atoms with Crippen LogP contribution >= 0.6 is 0 Å². The molecule has 6 nitrogen and oxygen atoms in total. The van der Waals surface area contributed by atoms with Crippen molar-refractivity contribution in [1.29, 1.82) is 0 Å². The summed E-state index contributed by atoms with van der Waals surface area (Å²) in [6, 6.07) is 1.49. The van der Waals surface area contributed by atoms with E-state index < -0.39 is 18.6 Å². The van der Waals surface area contributed by atoms with Gasteiger partial charge in [0.2, 0.25) is 5.76 Å². The highest BCUT2D eigenvalue weighted by atomic mass is 16.5. The number of rotatable bonds is 4. The number of aliphatic hydroxyl groups is 2. The van der Waals surface area contributed by atoms with E-state index >= 15 is 0 Å². The quantitative estimate of drug-likeness (QED) is 0.583. The number of carbonyl (C=O) groups is 1. The zero-order valence-corrected chi connectivity index (χ0v) is 7.73. The molecule has 78 valence electrons. The van der Waals surface area contributed by atoms with Crippen LogP contribution in [0.1, 0.15) is 16.2 Å². The number of hydrogen-bond donors (Lipinski definition) is 3. The van der Waals surface area contributed by atoms with Gasteiger partial charge in [-0.15, -0.1) is 0 Å². The van der Waals surface area contributed by atoms with Crippen molar-refractivity contribution in [1.82, 2.24) is 10.5 Å². The van der Waals surface area contributed by atoms with Crippen molar-refractivity contribution in [3.05, 3.63) is 17.5 Å². The van der Waals surface area contributed by atoms with Gasteiger partial charge in [0.25, 0.3) is 5.91 Å². The second kappa shape index (κ2) is 4.73. The van der Waals surface area contributed by atoms with Crippen LogP contribution in [0.15, 0.2) is 10.6 Å². The molecule has 0 saturated heterocycles. The maximum atomic E-state index is 11.2. The molecule has 1 rings (SSSR count). The molecular formula is C8H12N2O4. The molecule has 0 spiro atoms. The van der Waals surface area contributed by atoms with Crippen molar-refractivity contribution in [2.45, 2.75) is 13.0 Å². The zero-order valence-electron chi connectivity index (χ0n) is 7.73. The predicted molar refractivity (Wildman–Crippen MR) is 46.7 cm³/mol. The summed E-state index contributed by atoms with van der Waals surface area (Å²) in [7, 11) is 0. The third kappa shape index (κ3) is 2.82. The minimum absolute atomic E-state index is 0.0188. The van der Waals surface area contributed by atoms with Crippen LogP contribution in [0.25, 0.3) is 0 Å². The van der Waals surface area contributed by atoms with Gasteiger partial charge in [-0.2, -0.15) is 0 Å². The molecule has 0 bridgehead atoms. The lowest BCUT2D eigenvalue weighted by molar-refractivity contribution is 0.0778. The Hall–Kier alpha value is -1.40. The molecule has 1 atom stereocenters. The van der Waals surface area contributed by atoms with Crippen molar-refractivity contribution in [3.8, 4) is 0 Å². The van der Waals surface area contributed by atoms with Gasteiger partial charge in [0.1, 0.15) is 0 Å². The first kappa shape index (κ1) is 10.7. The van der Waals surface area contributed by atoms with Crippen LogP contribution in [0.5, 0.6) is 0 Å². The maximum Gasteiger partial charge on any atom is 0.289 e. The molecule has 6 heteroatoms. The Kier molecular flexibility index (Phi) is 3.61. The lowest BCUT2D eigenvalue weighted by atomic mass is 10.3. The molecule has 1 unspecified atom stereocenters. The van der Waals surface area contributed by atoms with E-state index in [1.165, 1.54) is 6.07 Å². The fraction of sp³-hybridized carbons (Fsp3) is 0.500. The highest BCUT2D eigenvalue weighted by Crippen LogP contribution is 2.01. The van der Waals surface area contributed by atoms with E-state index in [1.807, 2.05) is 0 Å². The third-order valence-electron chi connectivity index (χ3n) is 1.56. The fourth-order valence-electron chi connectivity index (χ4n) is 0.833. The third-order valence-corrected chi connectivity index (χ3v) is 1.56. The molecule has 1 aromatic heterocycles. The normalized spacial score (nSPS) is 12.5. The lowest BCUT2D eigenvalue weighted by Gasteiger charge is -2.06. The number of aliphatic hydroxyl groups excluding tert-OH is 2. The second-order valence-electron chi connectivity index (χ2n) is 2.88. The van der Waals surface area contributed by atoms with Gasteiger partial charge in [-0.25, -0.2) is 0 Å². The highest BCUT2D eigenvalue weighted by Gasteiger charge is 2.12. The number of aromatic nitrogens is 1. The molecule has 0 aliphatic heterocycles. The molecule has 0 saturated carbocycles. The second-order valence-corrected chi connectivity index (χ2v) is 2.88. The van der Waals surface area contributed by atoms with Crippen molar-refractivity contribution < 1.29 is 19.5 Å². The van der Waals surface area contributed by atoms with Gasteiger partial charge in [-0.05, 0) is 6.92 Å². The molecule has 0 aliphatic carbocycles. The Labute approximate surface area is 80.5 Å². The molecule has 0 aromatic carbocycles. The van der Waals surface area contributed by atoms with Crippen LogP contribution in [-0.4, -0.2) is 40.5 Å². The van der Waals surface area contributed by atoms with Crippen LogP contribution in [0.3, 0.4) is 0 Å². The number of nitrogens with zero attached hydrogens (tertiary/aromatic N) is 1. The average Bonchev–Trinajstić information content (AvgIpc) is 2.60. The topological polar surface area (TPSA) is 95.6 Å². The summed E-state index contributed by atoms with van der Waals surface area (Å²) in [6.07, 6.45) is -0.956. The SMILES string of the molecule is Cc1cc(C(=O)NCC(O)CO)on1. The predicted octanol–water partition coefficient (Wildman–Crippen LogP) is -0.934. The van der Waals surface area contributed by atoms with Crippen LogP contribution in [0.4, 0.5) is 0 Å². The Bertz CT molecular complexity index is 310. The molecular weight excluding hydrogens is 188 g/mol. The molecule has 0 fully saturated rings. The summed E-state index contributed by atoms with van der Waals surface area (Å²) in [4.78, 5) is 11.2. The van der Waals surface area contributed by atoms with Gasteiger partial charge in [0.15, 0.2) is 0 Å². The summed E-state index contributed by atoms with van der Waals surface area (Å²) in [6.45, 7) is 1.29. The van der Waals surface area contributed by atoms with Gasteiger partial charge >= 0.3 is 0 Å². The standard InChI is InChI=1S/C8H12N2O4/c1-5-2-7(14-10-5)8(13)9-3-6(12)4-11/h2,6,11-12H,3-4H2,1H3,(H,9,13). The van der Waals surface area contributed by atoms with E-state index in [4.69, 9.17) is 10.2 Å². The molecule has 0 aliphatic rings. The van der Waals surface area contributed by atoms with E-state index in [1.54, 1.807) is 6.92 Å². The summed E-state index contributed by atoms with van der Waals surface area (Å²) < 4.78 is 4.69.